The van der Waals surface area contributed by atoms with E-state index in [9.17, 15) is 4.79 Å². The van der Waals surface area contributed by atoms with Crippen LogP contribution in [0.5, 0.6) is 0 Å². The van der Waals surface area contributed by atoms with E-state index >= 15 is 0 Å². The Hall–Kier alpha value is -0.530. The molecule has 0 aromatic rings. The van der Waals surface area contributed by atoms with Crippen LogP contribution in [0.25, 0.3) is 0 Å². The van der Waals surface area contributed by atoms with E-state index in [1.165, 1.54) is 13.5 Å². The van der Waals surface area contributed by atoms with Crippen molar-refractivity contribution in [2.45, 2.75) is 25.7 Å². The first-order chi connectivity index (χ1) is 4.83. The molecular weight excluding hydrogens is 128 g/mol. The number of carbonyl (C=O) groups is 1. The van der Waals surface area contributed by atoms with Gasteiger partial charge < -0.3 is 4.74 Å². The molecule has 1 atom stereocenters. The average molecular weight is 141 g/mol. The summed E-state index contributed by atoms with van der Waals surface area (Å²) in [7, 11) is 1.44. The van der Waals surface area contributed by atoms with Gasteiger partial charge in [0.2, 0.25) is 0 Å². The molecule has 1 aliphatic carbocycles. The molecule has 0 N–H and O–H groups in total. The normalized spacial score (nSPS) is 16.9. The Morgan fingerprint density at radius 3 is 3.00 bits per heavy atom. The minimum absolute atomic E-state index is 0.0827. The summed E-state index contributed by atoms with van der Waals surface area (Å²) in [6, 6.07) is 0. The van der Waals surface area contributed by atoms with Gasteiger partial charge in [-0.05, 0) is 31.6 Å². The molecule has 2 heteroatoms. The van der Waals surface area contributed by atoms with Crippen LogP contribution in [-0.2, 0) is 9.53 Å². The Bertz CT molecular complexity index is 116. The van der Waals surface area contributed by atoms with Gasteiger partial charge in [0.25, 0.3) is 0 Å². The number of hydrogen-bond acceptors (Lipinski definition) is 2. The predicted molar refractivity (Wildman–Crippen MR) is 38.3 cm³/mol. The molecule has 0 aromatic carbocycles. The molecule has 1 aliphatic rings. The lowest BCUT2D eigenvalue weighted by Gasteiger charge is -1.96. The number of rotatable bonds is 4. The van der Waals surface area contributed by atoms with Crippen molar-refractivity contribution in [3.05, 3.63) is 6.42 Å². The number of hydrogen-bond donors (Lipinski definition) is 0. The van der Waals surface area contributed by atoms with Crippen LogP contribution in [-0.4, -0.2) is 13.1 Å². The van der Waals surface area contributed by atoms with Crippen LogP contribution in [0.3, 0.4) is 0 Å². The van der Waals surface area contributed by atoms with Crippen molar-refractivity contribution >= 4 is 5.97 Å². The SMILES string of the molecule is COC(=O)CCCC1[CH]C1. The van der Waals surface area contributed by atoms with Crippen molar-refractivity contribution in [2.75, 3.05) is 7.11 Å². The molecule has 10 heavy (non-hydrogen) atoms. The van der Waals surface area contributed by atoms with E-state index in [0.29, 0.717) is 6.42 Å². The van der Waals surface area contributed by atoms with Crippen molar-refractivity contribution < 1.29 is 9.53 Å². The van der Waals surface area contributed by atoms with Gasteiger partial charge in [-0.3, -0.25) is 4.79 Å². The third-order valence-corrected chi connectivity index (χ3v) is 1.75. The minimum atomic E-state index is -0.0827. The molecule has 0 spiro atoms. The number of carbonyl (C=O) groups excluding carboxylic acids is 1. The molecule has 0 aromatic heterocycles. The molecular formula is C8H13O2. The molecule has 1 unspecified atom stereocenters. The van der Waals surface area contributed by atoms with Gasteiger partial charge >= 0.3 is 5.97 Å². The van der Waals surface area contributed by atoms with E-state index in [1.807, 2.05) is 0 Å². The fraction of sp³-hybridized carbons (Fsp3) is 0.750. The van der Waals surface area contributed by atoms with Crippen LogP contribution in [0.4, 0.5) is 0 Å². The first kappa shape index (κ1) is 7.58. The van der Waals surface area contributed by atoms with Crippen LogP contribution in [0.15, 0.2) is 0 Å². The van der Waals surface area contributed by atoms with Crippen LogP contribution >= 0.6 is 0 Å². The summed E-state index contributed by atoms with van der Waals surface area (Å²) in [6.45, 7) is 0. The van der Waals surface area contributed by atoms with Crippen molar-refractivity contribution in [2.24, 2.45) is 5.92 Å². The molecule has 1 rings (SSSR count). The van der Waals surface area contributed by atoms with Crippen LogP contribution in [0.1, 0.15) is 25.7 Å². The second-order valence-electron chi connectivity index (χ2n) is 2.70. The lowest BCUT2D eigenvalue weighted by atomic mass is 10.2. The maximum atomic E-state index is 10.6. The first-order valence-electron chi connectivity index (χ1n) is 3.73. The Labute approximate surface area is 61.6 Å². The van der Waals surface area contributed by atoms with Crippen LogP contribution in [0.2, 0.25) is 0 Å². The maximum absolute atomic E-state index is 10.6. The molecule has 1 fully saturated rings. The van der Waals surface area contributed by atoms with Gasteiger partial charge in [0.15, 0.2) is 0 Å². The second-order valence-corrected chi connectivity index (χ2v) is 2.70. The van der Waals surface area contributed by atoms with Crippen molar-refractivity contribution in [1.29, 1.82) is 0 Å². The van der Waals surface area contributed by atoms with Gasteiger partial charge in [-0.1, -0.05) is 0 Å². The van der Waals surface area contributed by atoms with Crippen LogP contribution < -0.4 is 0 Å². The summed E-state index contributed by atoms with van der Waals surface area (Å²) >= 11 is 0. The molecule has 0 heterocycles. The van der Waals surface area contributed by atoms with Crippen LogP contribution in [0, 0.1) is 12.3 Å². The Morgan fingerprint density at radius 1 is 1.80 bits per heavy atom. The van der Waals surface area contributed by atoms with Gasteiger partial charge in [-0.2, -0.15) is 0 Å². The molecule has 0 bridgehead atoms. The zero-order valence-electron chi connectivity index (χ0n) is 6.30. The topological polar surface area (TPSA) is 26.3 Å². The Morgan fingerprint density at radius 2 is 2.50 bits per heavy atom. The number of methoxy groups -OCH3 is 1. The molecule has 0 saturated heterocycles. The van der Waals surface area contributed by atoms with E-state index in [0.717, 1.165) is 18.8 Å². The lowest BCUT2D eigenvalue weighted by Crippen LogP contribution is -1.99. The quantitative estimate of drug-likeness (QED) is 0.555. The first-order valence-corrected chi connectivity index (χ1v) is 3.73. The zero-order chi connectivity index (χ0) is 7.40. The smallest absolute Gasteiger partial charge is 0.305 e. The molecule has 1 radical (unpaired) electrons. The second kappa shape index (κ2) is 3.59. The van der Waals surface area contributed by atoms with Crippen molar-refractivity contribution in [3.8, 4) is 0 Å². The fourth-order valence-electron chi connectivity index (χ4n) is 0.943. The Balaban J connectivity index is 1.88. The largest absolute Gasteiger partial charge is 0.469 e. The highest BCUT2D eigenvalue weighted by Gasteiger charge is 2.21. The van der Waals surface area contributed by atoms with Gasteiger partial charge in [-0.15, -0.1) is 0 Å². The monoisotopic (exact) mass is 141 g/mol. The van der Waals surface area contributed by atoms with Gasteiger partial charge in [0.05, 0.1) is 7.11 Å². The summed E-state index contributed by atoms with van der Waals surface area (Å²) in [5.41, 5.74) is 0. The highest BCUT2D eigenvalue weighted by Crippen LogP contribution is 2.32. The van der Waals surface area contributed by atoms with E-state index in [2.05, 4.69) is 11.2 Å². The standard InChI is InChI=1S/C8H13O2/c1-10-8(9)4-2-3-7-5-6-7/h5,7H,2-4,6H2,1H3. The highest BCUT2D eigenvalue weighted by molar-refractivity contribution is 5.68. The summed E-state index contributed by atoms with van der Waals surface area (Å²) in [5.74, 6) is 0.727. The molecule has 2 nitrogen and oxygen atoms in total. The van der Waals surface area contributed by atoms with Crippen molar-refractivity contribution in [3.63, 3.8) is 0 Å². The molecule has 0 amide bonds. The van der Waals surface area contributed by atoms with E-state index in [4.69, 9.17) is 0 Å². The van der Waals surface area contributed by atoms with E-state index in [-0.39, 0.29) is 5.97 Å². The number of esters is 1. The lowest BCUT2D eigenvalue weighted by molar-refractivity contribution is -0.140. The fourth-order valence-corrected chi connectivity index (χ4v) is 0.943. The number of ether oxygens (including phenoxy) is 1. The molecule has 0 aliphatic heterocycles. The van der Waals surface area contributed by atoms with Gasteiger partial charge in [0, 0.05) is 6.42 Å². The van der Waals surface area contributed by atoms with Gasteiger partial charge in [-0.25, -0.2) is 0 Å². The summed E-state index contributed by atoms with van der Waals surface area (Å²) in [5, 5.41) is 0. The third kappa shape index (κ3) is 2.85. The zero-order valence-corrected chi connectivity index (χ0v) is 6.30. The van der Waals surface area contributed by atoms with E-state index in [1.54, 1.807) is 0 Å². The van der Waals surface area contributed by atoms with Crippen molar-refractivity contribution in [1.82, 2.24) is 0 Å². The average Bonchev–Trinajstić information content (AvgIpc) is 2.71. The summed E-state index contributed by atoms with van der Waals surface area (Å²) < 4.78 is 4.50. The van der Waals surface area contributed by atoms with E-state index < -0.39 is 0 Å². The molecule has 57 valence electrons. The minimum Gasteiger partial charge on any atom is -0.469 e. The highest BCUT2D eigenvalue weighted by atomic mass is 16.5. The predicted octanol–water partition coefficient (Wildman–Crippen LogP) is 1.55. The summed E-state index contributed by atoms with van der Waals surface area (Å²) in [4.78, 5) is 10.6. The maximum Gasteiger partial charge on any atom is 0.305 e. The molecule has 1 saturated carbocycles. The Kier molecular flexibility index (Phi) is 2.72. The summed E-state index contributed by atoms with van der Waals surface area (Å²) in [6.07, 6.45) is 6.25. The van der Waals surface area contributed by atoms with Gasteiger partial charge in [0.1, 0.15) is 0 Å². The third-order valence-electron chi connectivity index (χ3n) is 1.75.